The lowest BCUT2D eigenvalue weighted by Crippen LogP contribution is -2.49. The summed E-state index contributed by atoms with van der Waals surface area (Å²) in [4.78, 5) is 34.0. The highest BCUT2D eigenvalue weighted by molar-refractivity contribution is 6.51. The molecular formula is C11H8FNO5. The normalized spacial score (nSPS) is 18.6. The van der Waals surface area contributed by atoms with Crippen LogP contribution in [0.2, 0.25) is 0 Å². The van der Waals surface area contributed by atoms with E-state index >= 15 is 0 Å². The molecule has 0 spiro atoms. The first-order valence-electron chi connectivity index (χ1n) is 4.92. The van der Waals surface area contributed by atoms with Crippen LogP contribution in [-0.4, -0.2) is 35.8 Å². The molecule has 0 aromatic heterocycles. The van der Waals surface area contributed by atoms with Gasteiger partial charge in [0.05, 0.1) is 12.7 Å². The van der Waals surface area contributed by atoms with Crippen molar-refractivity contribution < 1.29 is 28.7 Å². The molecule has 7 heteroatoms. The largest absolute Gasteiger partial charge is 0.494 e. The molecule has 1 aliphatic rings. The fourth-order valence-electron chi connectivity index (χ4n) is 1.79. The number of benzene rings is 1. The Hall–Kier alpha value is -2.44. The summed E-state index contributed by atoms with van der Waals surface area (Å²) in [5.74, 6) is -4.09. The average molecular weight is 253 g/mol. The number of halogens is 1. The minimum absolute atomic E-state index is 0.0119. The maximum absolute atomic E-state index is 14.0. The van der Waals surface area contributed by atoms with Crippen molar-refractivity contribution in [3.8, 4) is 5.75 Å². The Morgan fingerprint density at radius 3 is 2.67 bits per heavy atom. The number of carboxylic acids is 1. The first-order chi connectivity index (χ1) is 8.49. The molecule has 0 bridgehead atoms. The number of hydrogen-bond donors (Lipinski definition) is 1. The molecule has 1 unspecified atom stereocenters. The van der Waals surface area contributed by atoms with Gasteiger partial charge in [0.2, 0.25) is 17.6 Å². The summed E-state index contributed by atoms with van der Waals surface area (Å²) in [5, 5.41) is 8.54. The standard InChI is InChI=1S/C11H8FNO5/c1-18-6-4-2-3-5-7(6)13(12)8(11(16)17)10(15)9(5)14/h2-4,8H,1H3,(H,16,17). The molecule has 1 N–H and O–H groups in total. The molecule has 0 saturated carbocycles. The van der Waals surface area contributed by atoms with E-state index in [2.05, 4.69) is 0 Å². The zero-order valence-electron chi connectivity index (χ0n) is 9.21. The smallest absolute Gasteiger partial charge is 0.337 e. The minimum Gasteiger partial charge on any atom is -0.494 e. The van der Waals surface area contributed by atoms with Crippen LogP contribution in [0.5, 0.6) is 5.75 Å². The Bertz CT molecular complexity index is 556. The average Bonchev–Trinajstić information content (AvgIpc) is 2.34. The molecule has 1 aromatic carbocycles. The van der Waals surface area contributed by atoms with Gasteiger partial charge in [0.15, 0.2) is 0 Å². The van der Waals surface area contributed by atoms with Crippen LogP contribution >= 0.6 is 0 Å². The summed E-state index contributed by atoms with van der Waals surface area (Å²) in [6, 6.07) is 1.86. The van der Waals surface area contributed by atoms with E-state index in [-0.39, 0.29) is 22.1 Å². The quantitative estimate of drug-likeness (QED) is 0.472. The highest BCUT2D eigenvalue weighted by Crippen LogP contribution is 2.37. The van der Waals surface area contributed by atoms with Crippen LogP contribution in [0, 0.1) is 0 Å². The lowest BCUT2D eigenvalue weighted by molar-refractivity contribution is -0.142. The predicted octanol–water partition coefficient (Wildman–Crippen LogP) is 0.605. The van der Waals surface area contributed by atoms with Gasteiger partial charge in [0, 0.05) is 0 Å². The number of para-hydroxylation sites is 1. The lowest BCUT2D eigenvalue weighted by atomic mass is 9.94. The van der Waals surface area contributed by atoms with Gasteiger partial charge in [-0.3, -0.25) is 9.59 Å². The van der Waals surface area contributed by atoms with Crippen LogP contribution in [0.4, 0.5) is 10.2 Å². The van der Waals surface area contributed by atoms with Crippen molar-refractivity contribution in [1.82, 2.24) is 0 Å². The van der Waals surface area contributed by atoms with E-state index in [9.17, 15) is 18.9 Å². The number of nitrogens with zero attached hydrogens (tertiary/aromatic N) is 1. The summed E-state index contributed by atoms with van der Waals surface area (Å²) in [7, 11) is 1.25. The molecule has 0 fully saturated rings. The summed E-state index contributed by atoms with van der Waals surface area (Å²) in [6.45, 7) is 0. The molecule has 0 radical (unpaired) electrons. The van der Waals surface area contributed by atoms with Gasteiger partial charge in [-0.2, -0.15) is 5.12 Å². The van der Waals surface area contributed by atoms with Crippen molar-refractivity contribution >= 4 is 23.2 Å². The lowest BCUT2D eigenvalue weighted by Gasteiger charge is -2.27. The molecular weight excluding hydrogens is 245 g/mol. The van der Waals surface area contributed by atoms with Crippen LogP contribution in [-0.2, 0) is 9.59 Å². The minimum atomic E-state index is -2.17. The van der Waals surface area contributed by atoms with Gasteiger partial charge in [-0.1, -0.05) is 10.5 Å². The Morgan fingerprint density at radius 2 is 2.11 bits per heavy atom. The van der Waals surface area contributed by atoms with E-state index in [1.807, 2.05) is 0 Å². The van der Waals surface area contributed by atoms with Crippen LogP contribution in [0.3, 0.4) is 0 Å². The third-order valence-corrected chi connectivity index (χ3v) is 2.61. The summed E-state index contributed by atoms with van der Waals surface area (Å²) >= 11 is 0. The van der Waals surface area contributed by atoms with Crippen molar-refractivity contribution in [2.45, 2.75) is 6.04 Å². The molecule has 1 heterocycles. The van der Waals surface area contributed by atoms with Gasteiger partial charge in [0.25, 0.3) is 0 Å². The highest BCUT2D eigenvalue weighted by atomic mass is 19.2. The number of fused-ring (bicyclic) bond motifs is 1. The maximum Gasteiger partial charge on any atom is 0.337 e. The summed E-state index contributed by atoms with van der Waals surface area (Å²) < 4.78 is 18.8. The van der Waals surface area contributed by atoms with Gasteiger partial charge >= 0.3 is 5.97 Å². The van der Waals surface area contributed by atoms with Crippen molar-refractivity contribution in [1.29, 1.82) is 0 Å². The third kappa shape index (κ3) is 1.52. The Labute approximate surface area is 101 Å². The SMILES string of the molecule is COc1cccc2c1N(F)C(C(=O)O)C(=O)C2=O. The number of methoxy groups -OCH3 is 1. The molecule has 6 nitrogen and oxygen atoms in total. The zero-order chi connectivity index (χ0) is 13.4. The van der Waals surface area contributed by atoms with Crippen LogP contribution in [0.15, 0.2) is 18.2 Å². The first kappa shape index (κ1) is 12.0. The van der Waals surface area contributed by atoms with Crippen molar-refractivity contribution in [2.75, 3.05) is 12.2 Å². The number of aliphatic carboxylic acids is 1. The second-order valence-corrected chi connectivity index (χ2v) is 3.60. The van der Waals surface area contributed by atoms with E-state index in [1.165, 1.54) is 25.3 Å². The maximum atomic E-state index is 14.0. The molecule has 0 amide bonds. The van der Waals surface area contributed by atoms with Crippen molar-refractivity contribution in [3.05, 3.63) is 23.8 Å². The molecule has 94 valence electrons. The summed E-state index contributed by atoms with van der Waals surface area (Å²) in [5.41, 5.74) is -0.545. The van der Waals surface area contributed by atoms with Gasteiger partial charge in [-0.05, 0) is 12.1 Å². The third-order valence-electron chi connectivity index (χ3n) is 2.61. The monoisotopic (exact) mass is 253 g/mol. The predicted molar refractivity (Wildman–Crippen MR) is 57.3 cm³/mol. The number of ether oxygens (including phenoxy) is 1. The van der Waals surface area contributed by atoms with Gasteiger partial charge in [-0.15, -0.1) is 0 Å². The van der Waals surface area contributed by atoms with E-state index in [1.54, 1.807) is 0 Å². The number of carbonyl (C=O) groups is 3. The second kappa shape index (κ2) is 4.10. The molecule has 1 aromatic rings. The molecule has 1 atom stereocenters. The Kier molecular flexibility index (Phi) is 2.74. The topological polar surface area (TPSA) is 83.9 Å². The van der Waals surface area contributed by atoms with Gasteiger partial charge in [0.1, 0.15) is 11.4 Å². The number of hydrogen-bond acceptors (Lipinski definition) is 5. The summed E-state index contributed by atoms with van der Waals surface area (Å²) in [6.07, 6.45) is 0. The zero-order valence-corrected chi connectivity index (χ0v) is 9.21. The molecule has 0 saturated heterocycles. The molecule has 18 heavy (non-hydrogen) atoms. The number of Topliss-reactive ketones (excluding diaryl/α,β-unsaturated/α-hetero) is 2. The highest BCUT2D eigenvalue weighted by Gasteiger charge is 2.45. The van der Waals surface area contributed by atoms with E-state index < -0.39 is 23.6 Å². The van der Waals surface area contributed by atoms with Gasteiger partial charge in [-0.25, -0.2) is 4.79 Å². The fraction of sp³-hybridized carbons (Fsp3) is 0.182. The number of carboxylic acid groups (broad SMARTS) is 1. The van der Waals surface area contributed by atoms with Crippen LogP contribution in [0.1, 0.15) is 10.4 Å². The first-order valence-corrected chi connectivity index (χ1v) is 4.92. The molecule has 0 aliphatic carbocycles. The van der Waals surface area contributed by atoms with Crippen LogP contribution < -0.4 is 9.86 Å². The number of carbonyl (C=O) groups excluding carboxylic acids is 2. The molecule has 1 aliphatic heterocycles. The van der Waals surface area contributed by atoms with Crippen LogP contribution in [0.25, 0.3) is 0 Å². The Balaban J connectivity index is 2.68. The number of ketones is 2. The van der Waals surface area contributed by atoms with E-state index in [4.69, 9.17) is 9.84 Å². The van der Waals surface area contributed by atoms with E-state index in [0.717, 1.165) is 0 Å². The molecule has 2 rings (SSSR count). The second-order valence-electron chi connectivity index (χ2n) is 3.60. The fourth-order valence-corrected chi connectivity index (χ4v) is 1.79. The van der Waals surface area contributed by atoms with Crippen molar-refractivity contribution in [2.24, 2.45) is 0 Å². The van der Waals surface area contributed by atoms with E-state index in [0.29, 0.717) is 0 Å². The number of rotatable bonds is 2. The van der Waals surface area contributed by atoms with Gasteiger partial charge < -0.3 is 9.84 Å². The number of anilines is 1. The van der Waals surface area contributed by atoms with Crippen molar-refractivity contribution in [3.63, 3.8) is 0 Å². The Morgan fingerprint density at radius 1 is 1.44 bits per heavy atom.